The molecule has 0 radical (unpaired) electrons. The molecule has 2 aromatic carbocycles. The highest BCUT2D eigenvalue weighted by atomic mass is 16.2. The van der Waals surface area contributed by atoms with Crippen molar-refractivity contribution < 1.29 is 9.59 Å². The first-order valence-corrected chi connectivity index (χ1v) is 6.38. The fraction of sp³-hybridized carbons (Fsp3) is 0. The van der Waals surface area contributed by atoms with E-state index in [1.807, 2.05) is 30.3 Å². The SMILES string of the molecule is NC(=O)c1cccc(-c2cc3ccccc3[nH]2)c1C(N)=O. The van der Waals surface area contributed by atoms with E-state index in [0.29, 0.717) is 11.3 Å². The van der Waals surface area contributed by atoms with Crippen molar-refractivity contribution in [3.63, 3.8) is 0 Å². The number of aromatic amines is 1. The molecule has 1 aromatic heterocycles. The van der Waals surface area contributed by atoms with Gasteiger partial charge >= 0.3 is 0 Å². The van der Waals surface area contributed by atoms with Gasteiger partial charge in [-0.2, -0.15) is 0 Å². The van der Waals surface area contributed by atoms with Crippen molar-refractivity contribution in [3.05, 3.63) is 59.7 Å². The Morgan fingerprint density at radius 3 is 2.33 bits per heavy atom. The average molecular weight is 279 g/mol. The van der Waals surface area contributed by atoms with Crippen LogP contribution in [-0.2, 0) is 0 Å². The Labute approximate surface area is 120 Å². The minimum atomic E-state index is -0.682. The van der Waals surface area contributed by atoms with Gasteiger partial charge in [-0.15, -0.1) is 0 Å². The smallest absolute Gasteiger partial charge is 0.250 e. The third-order valence-corrected chi connectivity index (χ3v) is 3.40. The standard InChI is InChI=1S/C16H13N3O2/c17-15(20)11-6-3-5-10(14(11)16(18)21)13-8-9-4-1-2-7-12(9)19-13/h1-8,19H,(H2,17,20)(H2,18,21). The van der Waals surface area contributed by atoms with Gasteiger partial charge in [0, 0.05) is 22.2 Å². The second-order valence-corrected chi connectivity index (χ2v) is 4.73. The molecule has 104 valence electrons. The minimum Gasteiger partial charge on any atom is -0.366 e. The first-order valence-electron chi connectivity index (χ1n) is 6.38. The number of primary amides is 2. The predicted molar refractivity (Wildman–Crippen MR) is 80.8 cm³/mol. The number of benzene rings is 2. The van der Waals surface area contributed by atoms with Crippen LogP contribution < -0.4 is 11.5 Å². The molecule has 0 bridgehead atoms. The molecule has 5 nitrogen and oxygen atoms in total. The van der Waals surface area contributed by atoms with Crippen molar-refractivity contribution in [3.8, 4) is 11.3 Å². The minimum absolute atomic E-state index is 0.124. The van der Waals surface area contributed by atoms with Crippen LogP contribution in [-0.4, -0.2) is 16.8 Å². The van der Waals surface area contributed by atoms with Crippen LogP contribution in [0.1, 0.15) is 20.7 Å². The number of H-pyrrole nitrogens is 1. The number of hydrogen-bond acceptors (Lipinski definition) is 2. The summed E-state index contributed by atoms with van der Waals surface area (Å²) in [5.41, 5.74) is 13.2. The van der Waals surface area contributed by atoms with E-state index in [0.717, 1.165) is 10.9 Å². The zero-order valence-corrected chi connectivity index (χ0v) is 11.1. The summed E-state index contributed by atoms with van der Waals surface area (Å²) in [6, 6.07) is 14.5. The van der Waals surface area contributed by atoms with E-state index in [2.05, 4.69) is 4.98 Å². The fourth-order valence-electron chi connectivity index (χ4n) is 2.47. The van der Waals surface area contributed by atoms with Gasteiger partial charge in [-0.05, 0) is 18.2 Å². The second-order valence-electron chi connectivity index (χ2n) is 4.73. The molecule has 5 N–H and O–H groups in total. The van der Waals surface area contributed by atoms with Crippen molar-refractivity contribution in [2.45, 2.75) is 0 Å². The third kappa shape index (κ3) is 2.14. The Kier molecular flexibility index (Phi) is 2.95. The van der Waals surface area contributed by atoms with Crippen molar-refractivity contribution in [1.82, 2.24) is 4.98 Å². The molecule has 3 rings (SSSR count). The maximum absolute atomic E-state index is 11.7. The average Bonchev–Trinajstić information content (AvgIpc) is 2.90. The molecule has 0 aliphatic rings. The lowest BCUT2D eigenvalue weighted by Crippen LogP contribution is -2.21. The van der Waals surface area contributed by atoms with Gasteiger partial charge < -0.3 is 16.5 Å². The number of hydrogen-bond donors (Lipinski definition) is 3. The maximum Gasteiger partial charge on any atom is 0.250 e. The van der Waals surface area contributed by atoms with Crippen LogP contribution in [0.3, 0.4) is 0 Å². The number of rotatable bonds is 3. The fourth-order valence-corrected chi connectivity index (χ4v) is 2.47. The Morgan fingerprint density at radius 1 is 0.905 bits per heavy atom. The number of carbonyl (C=O) groups is 2. The maximum atomic E-state index is 11.7. The van der Waals surface area contributed by atoms with Crippen LogP contribution in [0.4, 0.5) is 0 Å². The van der Waals surface area contributed by atoms with Gasteiger partial charge in [0.2, 0.25) is 11.8 Å². The molecule has 0 saturated carbocycles. The molecule has 0 aliphatic carbocycles. The molecule has 0 saturated heterocycles. The molecule has 0 unspecified atom stereocenters. The van der Waals surface area contributed by atoms with E-state index in [-0.39, 0.29) is 11.1 Å². The summed E-state index contributed by atoms with van der Waals surface area (Å²) < 4.78 is 0. The highest BCUT2D eigenvalue weighted by Gasteiger charge is 2.19. The molecule has 21 heavy (non-hydrogen) atoms. The molecular weight excluding hydrogens is 266 g/mol. The van der Waals surface area contributed by atoms with Crippen molar-refractivity contribution in [2.75, 3.05) is 0 Å². The largest absolute Gasteiger partial charge is 0.366 e. The normalized spacial score (nSPS) is 10.7. The summed E-state index contributed by atoms with van der Waals surface area (Å²) in [6.07, 6.45) is 0. The number of para-hydroxylation sites is 1. The van der Waals surface area contributed by atoms with Crippen LogP contribution in [0.25, 0.3) is 22.2 Å². The Hall–Kier alpha value is -3.08. The number of nitrogens with one attached hydrogen (secondary N) is 1. The zero-order chi connectivity index (χ0) is 15.0. The van der Waals surface area contributed by atoms with Gasteiger partial charge in [-0.25, -0.2) is 0 Å². The molecule has 2 amide bonds. The van der Waals surface area contributed by atoms with E-state index in [4.69, 9.17) is 11.5 Å². The highest BCUT2D eigenvalue weighted by molar-refractivity contribution is 6.10. The van der Waals surface area contributed by atoms with Crippen LogP contribution >= 0.6 is 0 Å². The summed E-state index contributed by atoms with van der Waals surface area (Å²) in [7, 11) is 0. The molecule has 0 aliphatic heterocycles. The van der Waals surface area contributed by atoms with Crippen LogP contribution in [0.5, 0.6) is 0 Å². The van der Waals surface area contributed by atoms with Gasteiger partial charge in [-0.3, -0.25) is 9.59 Å². The van der Waals surface area contributed by atoms with Gasteiger partial charge in [0.1, 0.15) is 0 Å². The predicted octanol–water partition coefficient (Wildman–Crippen LogP) is 2.03. The van der Waals surface area contributed by atoms with Crippen LogP contribution in [0.2, 0.25) is 0 Å². The van der Waals surface area contributed by atoms with Gasteiger partial charge in [0.05, 0.1) is 11.1 Å². The van der Waals surface area contributed by atoms with Gasteiger partial charge in [0.25, 0.3) is 0 Å². The molecule has 0 fully saturated rings. The first kappa shape index (κ1) is 12.9. The number of carbonyl (C=O) groups excluding carboxylic acids is 2. The number of aromatic nitrogens is 1. The zero-order valence-electron chi connectivity index (χ0n) is 11.1. The molecule has 5 heteroatoms. The third-order valence-electron chi connectivity index (χ3n) is 3.40. The second kappa shape index (κ2) is 4.79. The highest BCUT2D eigenvalue weighted by Crippen LogP contribution is 2.28. The lowest BCUT2D eigenvalue weighted by Gasteiger charge is -2.08. The van der Waals surface area contributed by atoms with E-state index in [1.165, 1.54) is 6.07 Å². The number of fused-ring (bicyclic) bond motifs is 1. The van der Waals surface area contributed by atoms with Crippen LogP contribution in [0.15, 0.2) is 48.5 Å². The molecule has 3 aromatic rings. The number of nitrogens with two attached hydrogens (primary N) is 2. The summed E-state index contributed by atoms with van der Waals surface area (Å²) in [5, 5.41) is 1.01. The Balaban J connectivity index is 2.28. The van der Waals surface area contributed by atoms with E-state index < -0.39 is 11.8 Å². The van der Waals surface area contributed by atoms with Gasteiger partial charge in [0.15, 0.2) is 0 Å². The van der Waals surface area contributed by atoms with Crippen molar-refractivity contribution in [2.24, 2.45) is 11.5 Å². The molecule has 1 heterocycles. The molecule has 0 spiro atoms. The molecular formula is C16H13N3O2. The Bertz CT molecular complexity index is 832. The quantitative estimate of drug-likeness (QED) is 0.683. The molecule has 0 atom stereocenters. The lowest BCUT2D eigenvalue weighted by atomic mass is 9.97. The van der Waals surface area contributed by atoms with Crippen molar-refractivity contribution in [1.29, 1.82) is 0 Å². The monoisotopic (exact) mass is 279 g/mol. The van der Waals surface area contributed by atoms with E-state index >= 15 is 0 Å². The van der Waals surface area contributed by atoms with Gasteiger partial charge in [-0.1, -0.05) is 30.3 Å². The van der Waals surface area contributed by atoms with E-state index in [1.54, 1.807) is 12.1 Å². The summed E-state index contributed by atoms with van der Waals surface area (Å²) in [6.45, 7) is 0. The topological polar surface area (TPSA) is 102 Å². The van der Waals surface area contributed by atoms with Crippen LogP contribution in [0, 0.1) is 0 Å². The van der Waals surface area contributed by atoms with Crippen molar-refractivity contribution >= 4 is 22.7 Å². The Morgan fingerprint density at radius 2 is 1.67 bits per heavy atom. The first-order chi connectivity index (χ1) is 10.1. The summed E-state index contributed by atoms with van der Waals surface area (Å²) in [5.74, 6) is -1.36. The lowest BCUT2D eigenvalue weighted by molar-refractivity contribution is 0.0967. The number of amides is 2. The summed E-state index contributed by atoms with van der Waals surface area (Å²) in [4.78, 5) is 26.4. The van der Waals surface area contributed by atoms with E-state index in [9.17, 15) is 9.59 Å². The summed E-state index contributed by atoms with van der Waals surface area (Å²) >= 11 is 0.